The van der Waals surface area contributed by atoms with E-state index in [-0.39, 0.29) is 6.04 Å². The second-order valence-corrected chi connectivity index (χ2v) is 16.0. The highest BCUT2D eigenvalue weighted by Gasteiger charge is 2.47. The molecule has 1 aliphatic carbocycles. The second-order valence-electron chi connectivity index (χ2n) is 11.7. The Kier molecular flexibility index (Phi) is 8.57. The third kappa shape index (κ3) is 5.75. The van der Waals surface area contributed by atoms with Crippen molar-refractivity contribution in [2.24, 2.45) is 9.98 Å². The zero-order valence-corrected chi connectivity index (χ0v) is 26.7. The molecule has 218 valence electrons. The molecule has 4 heterocycles. The third-order valence-corrected chi connectivity index (χ3v) is 12.1. The number of benzene rings is 1. The van der Waals surface area contributed by atoms with Gasteiger partial charge in [-0.3, -0.25) is 15.0 Å². The molecule has 44 heavy (non-hydrogen) atoms. The molecule has 0 bridgehead atoms. The van der Waals surface area contributed by atoms with E-state index in [2.05, 4.69) is 102 Å². The van der Waals surface area contributed by atoms with Crippen LogP contribution in [0, 0.1) is 0 Å². The minimum absolute atomic E-state index is 0.0182. The Hall–Kier alpha value is -4.74. The molecule has 3 aliphatic rings. The summed E-state index contributed by atoms with van der Waals surface area (Å²) in [4.78, 5) is 19.8. The first-order chi connectivity index (χ1) is 21.5. The molecule has 0 spiro atoms. The van der Waals surface area contributed by atoms with E-state index in [0.717, 1.165) is 42.1 Å². The van der Waals surface area contributed by atoms with Crippen molar-refractivity contribution in [1.29, 1.82) is 0 Å². The Morgan fingerprint density at radius 1 is 0.909 bits per heavy atom. The molecule has 0 amide bonds. The summed E-state index contributed by atoms with van der Waals surface area (Å²) in [6, 6.07) is 23.1. The SMILES string of the molecule is C=C(/N=C\C=C/C)c1cccc(C2=C(c3ccccc3)C(C3=CCCC=C3)=C(C3CC=CC(c4ccccn4)=N3)[Si]2(C)C)n1. The molecule has 0 saturated carbocycles. The maximum absolute atomic E-state index is 5.42. The van der Waals surface area contributed by atoms with E-state index in [1.54, 1.807) is 6.21 Å². The number of nitrogens with zero attached hydrogens (tertiary/aromatic N) is 4. The van der Waals surface area contributed by atoms with Gasteiger partial charge >= 0.3 is 0 Å². The Morgan fingerprint density at radius 2 is 1.73 bits per heavy atom. The van der Waals surface area contributed by atoms with Gasteiger partial charge in [-0.05, 0) is 95.3 Å². The van der Waals surface area contributed by atoms with E-state index in [4.69, 9.17) is 9.98 Å². The fraction of sp³-hybridized carbons (Fsp3) is 0.179. The Labute approximate surface area is 262 Å². The van der Waals surface area contributed by atoms with Crippen LogP contribution in [0.2, 0.25) is 13.1 Å². The Bertz CT molecular complexity index is 1820. The summed E-state index contributed by atoms with van der Waals surface area (Å²) in [6.07, 6.45) is 21.9. The molecule has 1 atom stereocenters. The molecule has 6 rings (SSSR count). The van der Waals surface area contributed by atoms with Gasteiger partial charge in [0.1, 0.15) is 8.07 Å². The van der Waals surface area contributed by atoms with Crippen LogP contribution in [0.15, 0.2) is 148 Å². The lowest BCUT2D eigenvalue weighted by molar-refractivity contribution is 0.802. The smallest absolute Gasteiger partial charge is 0.114 e. The van der Waals surface area contributed by atoms with Crippen molar-refractivity contribution in [2.75, 3.05) is 0 Å². The average Bonchev–Trinajstić information content (AvgIpc) is 3.33. The summed E-state index contributed by atoms with van der Waals surface area (Å²) in [5.41, 5.74) is 9.41. The van der Waals surface area contributed by atoms with Crippen molar-refractivity contribution >= 4 is 36.5 Å². The lowest BCUT2D eigenvalue weighted by Crippen LogP contribution is -2.36. The van der Waals surface area contributed by atoms with Gasteiger partial charge in [0.25, 0.3) is 0 Å². The quantitative estimate of drug-likeness (QED) is 0.194. The molecule has 0 N–H and O–H groups in total. The zero-order chi connectivity index (χ0) is 30.5. The lowest BCUT2D eigenvalue weighted by Gasteiger charge is -2.31. The van der Waals surface area contributed by atoms with Crippen LogP contribution in [0.5, 0.6) is 0 Å². The molecule has 3 aromatic rings. The first-order valence-electron chi connectivity index (χ1n) is 15.4. The molecule has 1 aromatic carbocycles. The number of aromatic nitrogens is 2. The van der Waals surface area contributed by atoms with Gasteiger partial charge in [0, 0.05) is 12.4 Å². The number of hydrogen-bond acceptors (Lipinski definition) is 4. The van der Waals surface area contributed by atoms with Gasteiger partial charge in [-0.25, -0.2) is 4.98 Å². The van der Waals surface area contributed by atoms with E-state index in [1.807, 2.05) is 49.5 Å². The second kappa shape index (κ2) is 12.9. The molecule has 2 aliphatic heterocycles. The van der Waals surface area contributed by atoms with Crippen LogP contribution in [-0.2, 0) is 0 Å². The van der Waals surface area contributed by atoms with Crippen molar-refractivity contribution in [2.45, 2.75) is 45.3 Å². The van der Waals surface area contributed by atoms with Gasteiger partial charge in [0.15, 0.2) is 0 Å². The minimum atomic E-state index is -2.36. The molecule has 0 fully saturated rings. The monoisotopic (exact) mass is 590 g/mol. The molecule has 1 unspecified atom stereocenters. The first-order valence-corrected chi connectivity index (χ1v) is 18.4. The standard InChI is InChI=1S/C39H38N4Si/c1-5-6-26-40-28(2)31-22-15-24-34(42-31)38-36(29-17-9-7-10-18-29)37(30-19-11-8-12-20-30)39(44(38,3)4)35-25-16-23-33(43-35)32-21-13-14-27-41-32/h5-7,9-11,13-24,26-27,35H,2,8,12,25H2,1,3-4H3/b6-5-,40-26-. The number of dihydropyridines is 1. The molecule has 4 nitrogen and oxygen atoms in total. The predicted molar refractivity (Wildman–Crippen MR) is 189 cm³/mol. The fourth-order valence-corrected chi connectivity index (χ4v) is 10.3. The summed E-state index contributed by atoms with van der Waals surface area (Å²) in [5.74, 6) is 0. The van der Waals surface area contributed by atoms with Crippen LogP contribution >= 0.6 is 0 Å². The van der Waals surface area contributed by atoms with Gasteiger partial charge in [0.2, 0.25) is 0 Å². The summed E-state index contributed by atoms with van der Waals surface area (Å²) < 4.78 is 0. The zero-order valence-electron chi connectivity index (χ0n) is 25.7. The van der Waals surface area contributed by atoms with Gasteiger partial charge in [-0.15, -0.1) is 0 Å². The van der Waals surface area contributed by atoms with Crippen molar-refractivity contribution < 1.29 is 0 Å². The molecule has 0 radical (unpaired) electrons. The minimum Gasteiger partial charge on any atom is -0.275 e. The van der Waals surface area contributed by atoms with Crippen LogP contribution in [0.25, 0.3) is 16.5 Å². The fourth-order valence-electron chi connectivity index (χ4n) is 6.48. The number of rotatable bonds is 8. The number of hydrogen-bond donors (Lipinski definition) is 0. The van der Waals surface area contributed by atoms with Crippen LogP contribution in [0.3, 0.4) is 0 Å². The van der Waals surface area contributed by atoms with Crippen molar-refractivity contribution in [1.82, 2.24) is 9.97 Å². The van der Waals surface area contributed by atoms with E-state index in [1.165, 1.54) is 32.7 Å². The number of aliphatic imine (C=N–C) groups is 2. The van der Waals surface area contributed by atoms with Crippen LogP contribution in [-0.4, -0.2) is 36.0 Å². The Morgan fingerprint density at radius 3 is 2.48 bits per heavy atom. The molecule has 5 heteroatoms. The maximum atomic E-state index is 5.42. The maximum Gasteiger partial charge on any atom is 0.114 e. The van der Waals surface area contributed by atoms with E-state index in [0.29, 0.717) is 5.70 Å². The van der Waals surface area contributed by atoms with Crippen LogP contribution in [0.1, 0.15) is 48.8 Å². The first kappa shape index (κ1) is 29.3. The third-order valence-electron chi connectivity index (χ3n) is 8.41. The van der Waals surface area contributed by atoms with E-state index >= 15 is 0 Å². The van der Waals surface area contributed by atoms with Crippen molar-refractivity contribution in [3.63, 3.8) is 0 Å². The Balaban J connectivity index is 1.58. The van der Waals surface area contributed by atoms with E-state index in [9.17, 15) is 0 Å². The predicted octanol–water partition coefficient (Wildman–Crippen LogP) is 9.20. The van der Waals surface area contributed by atoms with Gasteiger partial charge in [0.05, 0.1) is 34.5 Å². The number of pyridine rings is 2. The topological polar surface area (TPSA) is 50.5 Å². The van der Waals surface area contributed by atoms with E-state index < -0.39 is 8.07 Å². The largest absolute Gasteiger partial charge is 0.275 e. The van der Waals surface area contributed by atoms with Crippen molar-refractivity contribution in [3.05, 3.63) is 161 Å². The van der Waals surface area contributed by atoms with Crippen LogP contribution < -0.4 is 0 Å². The molecular weight excluding hydrogens is 553 g/mol. The van der Waals surface area contributed by atoms with Crippen molar-refractivity contribution in [3.8, 4) is 0 Å². The highest BCUT2D eigenvalue weighted by atomic mass is 28.3. The van der Waals surface area contributed by atoms with Gasteiger partial charge in [-0.1, -0.05) is 92.5 Å². The summed E-state index contributed by atoms with van der Waals surface area (Å²) in [6.45, 7) is 11.2. The van der Waals surface area contributed by atoms with Gasteiger partial charge in [-0.2, -0.15) is 0 Å². The molecule has 0 saturated heterocycles. The number of allylic oxidation sites excluding steroid dienone is 9. The molecular formula is C39H38N4Si. The highest BCUT2D eigenvalue weighted by Crippen LogP contribution is 2.53. The highest BCUT2D eigenvalue weighted by molar-refractivity contribution is 7.03. The van der Waals surface area contributed by atoms with Crippen LogP contribution in [0.4, 0.5) is 0 Å². The summed E-state index contributed by atoms with van der Waals surface area (Å²) >= 11 is 0. The lowest BCUT2D eigenvalue weighted by atomic mass is 9.87. The normalized spacial score (nSPS) is 19.7. The molecule has 2 aromatic heterocycles. The van der Waals surface area contributed by atoms with Gasteiger partial charge < -0.3 is 0 Å². The summed E-state index contributed by atoms with van der Waals surface area (Å²) in [5, 5.41) is 2.80. The average molecular weight is 591 g/mol. The summed E-state index contributed by atoms with van der Waals surface area (Å²) in [7, 11) is -2.36.